The predicted molar refractivity (Wildman–Crippen MR) is 123 cm³/mol. The van der Waals surface area contributed by atoms with E-state index in [0.29, 0.717) is 38.0 Å². The number of aliphatic imine (C=N–C) groups is 1. The highest BCUT2D eigenvalue weighted by Gasteiger charge is 2.29. The molecule has 0 bridgehead atoms. The number of piperidine rings is 1. The zero-order valence-electron chi connectivity index (χ0n) is 19.0. The molecule has 2 aromatic rings. The van der Waals surface area contributed by atoms with Crippen LogP contribution in [0, 0.1) is 5.92 Å². The number of hydrogen-bond donors (Lipinski definition) is 1. The third kappa shape index (κ3) is 5.17. The van der Waals surface area contributed by atoms with Gasteiger partial charge in [-0.3, -0.25) is 9.79 Å². The van der Waals surface area contributed by atoms with E-state index < -0.39 is 0 Å². The first kappa shape index (κ1) is 22.0. The van der Waals surface area contributed by atoms with Crippen LogP contribution in [0.3, 0.4) is 0 Å². The molecule has 10 nitrogen and oxygen atoms in total. The number of rotatable bonds is 5. The lowest BCUT2D eigenvalue weighted by Crippen LogP contribution is -2.51. The first-order valence-electron chi connectivity index (χ1n) is 11.4. The average Bonchev–Trinajstić information content (AvgIpc) is 3.38. The SMILES string of the molecule is CN=C(NCCC(=O)N1CCN(c2ncccn2)CC1)N1CCC(C)C(n2ccnc2)C1. The molecule has 1 N–H and O–H groups in total. The fourth-order valence-corrected chi connectivity index (χ4v) is 4.48. The molecule has 2 aliphatic rings. The van der Waals surface area contributed by atoms with Crippen molar-refractivity contribution in [2.24, 2.45) is 10.9 Å². The third-order valence-electron chi connectivity index (χ3n) is 6.43. The maximum atomic E-state index is 12.7. The molecule has 10 heteroatoms. The summed E-state index contributed by atoms with van der Waals surface area (Å²) in [6.45, 7) is 7.62. The van der Waals surface area contributed by atoms with E-state index in [9.17, 15) is 4.79 Å². The summed E-state index contributed by atoms with van der Waals surface area (Å²) in [4.78, 5) is 36.3. The molecule has 1 amide bonds. The Hall–Kier alpha value is -3.17. The Balaban J connectivity index is 1.22. The van der Waals surface area contributed by atoms with E-state index in [1.807, 2.05) is 29.7 Å². The highest BCUT2D eigenvalue weighted by Crippen LogP contribution is 2.27. The molecule has 0 radical (unpaired) electrons. The molecule has 2 aliphatic heterocycles. The maximum absolute atomic E-state index is 12.7. The average molecular weight is 440 g/mol. The Morgan fingerprint density at radius 3 is 2.59 bits per heavy atom. The summed E-state index contributed by atoms with van der Waals surface area (Å²) in [6.07, 6.45) is 10.8. The number of carbonyl (C=O) groups excluding carboxylic acids is 1. The van der Waals surface area contributed by atoms with Crippen molar-refractivity contribution in [1.82, 2.24) is 34.6 Å². The number of anilines is 1. The molecule has 0 spiro atoms. The molecule has 2 atom stereocenters. The van der Waals surface area contributed by atoms with Gasteiger partial charge in [-0.25, -0.2) is 15.0 Å². The maximum Gasteiger partial charge on any atom is 0.225 e. The zero-order valence-corrected chi connectivity index (χ0v) is 19.0. The van der Waals surface area contributed by atoms with Gasteiger partial charge in [-0.15, -0.1) is 0 Å². The second-order valence-electron chi connectivity index (χ2n) is 8.43. The van der Waals surface area contributed by atoms with E-state index in [-0.39, 0.29) is 5.91 Å². The van der Waals surface area contributed by atoms with Gasteiger partial charge in [0.25, 0.3) is 0 Å². The Kier molecular flexibility index (Phi) is 7.18. The van der Waals surface area contributed by atoms with E-state index in [1.54, 1.807) is 19.4 Å². The first-order chi connectivity index (χ1) is 15.7. The smallest absolute Gasteiger partial charge is 0.225 e. The Morgan fingerprint density at radius 1 is 1.12 bits per heavy atom. The van der Waals surface area contributed by atoms with Crippen LogP contribution in [0.25, 0.3) is 0 Å². The lowest BCUT2D eigenvalue weighted by Gasteiger charge is -2.39. The molecule has 2 aromatic heterocycles. The molecule has 2 unspecified atom stereocenters. The van der Waals surface area contributed by atoms with Crippen LogP contribution in [0.5, 0.6) is 0 Å². The number of imidazole rings is 1. The van der Waals surface area contributed by atoms with Crippen molar-refractivity contribution < 1.29 is 4.79 Å². The van der Waals surface area contributed by atoms with Crippen LogP contribution >= 0.6 is 0 Å². The number of nitrogens with one attached hydrogen (secondary N) is 1. The topological polar surface area (TPSA) is 94.8 Å². The summed E-state index contributed by atoms with van der Waals surface area (Å²) in [5.41, 5.74) is 0. The van der Waals surface area contributed by atoms with E-state index in [1.165, 1.54) is 0 Å². The summed E-state index contributed by atoms with van der Waals surface area (Å²) in [5.74, 6) is 2.35. The van der Waals surface area contributed by atoms with Gasteiger partial charge in [-0.05, 0) is 18.4 Å². The third-order valence-corrected chi connectivity index (χ3v) is 6.43. The molecule has 32 heavy (non-hydrogen) atoms. The second kappa shape index (κ2) is 10.4. The lowest BCUT2D eigenvalue weighted by atomic mass is 9.93. The predicted octanol–water partition coefficient (Wildman–Crippen LogP) is 0.870. The van der Waals surface area contributed by atoms with Crippen molar-refractivity contribution in [1.29, 1.82) is 0 Å². The largest absolute Gasteiger partial charge is 0.356 e. The molecule has 0 aromatic carbocycles. The number of piperazine rings is 1. The minimum atomic E-state index is 0.171. The van der Waals surface area contributed by atoms with Gasteiger partial charge in [-0.2, -0.15) is 0 Å². The molecular weight excluding hydrogens is 406 g/mol. The van der Waals surface area contributed by atoms with Gasteiger partial charge in [0.2, 0.25) is 11.9 Å². The van der Waals surface area contributed by atoms with Gasteiger partial charge in [0.1, 0.15) is 0 Å². The Morgan fingerprint density at radius 2 is 1.91 bits per heavy atom. The minimum Gasteiger partial charge on any atom is -0.356 e. The number of guanidine groups is 1. The summed E-state index contributed by atoms with van der Waals surface area (Å²) >= 11 is 0. The molecule has 172 valence electrons. The van der Waals surface area contributed by atoms with Crippen molar-refractivity contribution in [2.75, 3.05) is 57.8 Å². The van der Waals surface area contributed by atoms with Gasteiger partial charge in [0.15, 0.2) is 5.96 Å². The Labute approximate surface area is 189 Å². The molecule has 2 fully saturated rings. The number of nitrogens with zero attached hydrogens (tertiary/aromatic N) is 8. The van der Waals surface area contributed by atoms with Crippen LogP contribution < -0.4 is 10.2 Å². The van der Waals surface area contributed by atoms with Crippen molar-refractivity contribution >= 4 is 17.8 Å². The number of aromatic nitrogens is 4. The molecular formula is C22H33N9O. The minimum absolute atomic E-state index is 0.171. The number of carbonyl (C=O) groups is 1. The number of hydrogen-bond acceptors (Lipinski definition) is 6. The molecule has 0 saturated carbocycles. The van der Waals surface area contributed by atoms with Crippen LogP contribution in [0.15, 0.2) is 42.2 Å². The number of likely N-dealkylation sites (tertiary alicyclic amines) is 1. The van der Waals surface area contributed by atoms with E-state index in [2.05, 4.69) is 46.6 Å². The van der Waals surface area contributed by atoms with Crippen molar-refractivity contribution in [3.8, 4) is 0 Å². The van der Waals surface area contributed by atoms with E-state index in [4.69, 9.17) is 0 Å². The quantitative estimate of drug-likeness (QED) is 0.546. The molecule has 4 heterocycles. The molecule has 0 aliphatic carbocycles. The van der Waals surface area contributed by atoms with Crippen molar-refractivity contribution in [3.05, 3.63) is 37.2 Å². The van der Waals surface area contributed by atoms with Gasteiger partial charge < -0.3 is 24.6 Å². The lowest BCUT2D eigenvalue weighted by molar-refractivity contribution is -0.131. The zero-order chi connectivity index (χ0) is 22.3. The van der Waals surface area contributed by atoms with Gasteiger partial charge >= 0.3 is 0 Å². The van der Waals surface area contributed by atoms with Crippen LogP contribution in [0.4, 0.5) is 5.95 Å². The molecule has 2 saturated heterocycles. The highest BCUT2D eigenvalue weighted by molar-refractivity contribution is 5.81. The van der Waals surface area contributed by atoms with Crippen LogP contribution in [0.1, 0.15) is 25.8 Å². The fraction of sp³-hybridized carbons (Fsp3) is 0.591. The second-order valence-corrected chi connectivity index (χ2v) is 8.43. The highest BCUT2D eigenvalue weighted by atomic mass is 16.2. The summed E-state index contributed by atoms with van der Waals surface area (Å²) < 4.78 is 2.19. The van der Waals surface area contributed by atoms with E-state index >= 15 is 0 Å². The van der Waals surface area contributed by atoms with E-state index in [0.717, 1.165) is 44.5 Å². The molecule has 4 rings (SSSR count). The van der Waals surface area contributed by atoms with Crippen LogP contribution in [0.2, 0.25) is 0 Å². The summed E-state index contributed by atoms with van der Waals surface area (Å²) in [6, 6.07) is 2.18. The summed E-state index contributed by atoms with van der Waals surface area (Å²) in [5, 5.41) is 3.40. The van der Waals surface area contributed by atoms with Crippen molar-refractivity contribution in [3.63, 3.8) is 0 Å². The normalized spacial score (nSPS) is 22.2. The van der Waals surface area contributed by atoms with Gasteiger partial charge in [-0.1, -0.05) is 6.92 Å². The fourth-order valence-electron chi connectivity index (χ4n) is 4.48. The monoisotopic (exact) mass is 439 g/mol. The summed E-state index contributed by atoms with van der Waals surface area (Å²) in [7, 11) is 1.80. The van der Waals surface area contributed by atoms with Crippen LogP contribution in [-0.4, -0.2) is 94.0 Å². The van der Waals surface area contributed by atoms with Gasteiger partial charge in [0.05, 0.1) is 12.4 Å². The Bertz CT molecular complexity index is 878. The first-order valence-corrected chi connectivity index (χ1v) is 11.4. The van der Waals surface area contributed by atoms with Gasteiger partial charge in [0, 0.05) is 84.1 Å². The number of amides is 1. The van der Waals surface area contributed by atoms with Crippen molar-refractivity contribution in [2.45, 2.75) is 25.8 Å². The standard InChI is InChI=1S/C22H33N9O/c1-18-5-10-30(16-19(18)31-11-9-24-17-31)21(23-2)27-8-4-20(32)28-12-14-29(15-13-28)22-25-6-3-7-26-22/h3,6-7,9,11,17-19H,4-5,8,10,12-16H2,1-2H3,(H,23,27). The van der Waals surface area contributed by atoms with Crippen LogP contribution in [-0.2, 0) is 4.79 Å².